The predicted molar refractivity (Wildman–Crippen MR) is 81.2 cm³/mol. The average molecular weight is 402 g/mol. The van der Waals surface area contributed by atoms with Crippen LogP contribution in [0.3, 0.4) is 0 Å². The van der Waals surface area contributed by atoms with E-state index in [0.717, 1.165) is 8.95 Å². The first-order valence-electron chi connectivity index (χ1n) is 5.75. The number of ether oxygens (including phenoxy) is 1. The fourth-order valence-corrected chi connectivity index (χ4v) is 2.78. The summed E-state index contributed by atoms with van der Waals surface area (Å²) in [5.41, 5.74) is 0.0100. The third-order valence-corrected chi connectivity index (χ3v) is 3.56. The van der Waals surface area contributed by atoms with Crippen LogP contribution in [0.4, 0.5) is 0 Å². The number of halogens is 2. The highest BCUT2D eigenvalue weighted by Gasteiger charge is 2.15. The number of hydrogen-bond acceptors (Lipinski definition) is 4. The second-order valence-electron chi connectivity index (χ2n) is 3.79. The van der Waals surface area contributed by atoms with Crippen molar-refractivity contribution in [3.05, 3.63) is 55.3 Å². The molecule has 0 atom stereocenters. The lowest BCUT2D eigenvalue weighted by Crippen LogP contribution is -2.22. The Bertz CT molecular complexity index is 713. The Morgan fingerprint density at radius 3 is 2.75 bits per heavy atom. The third-order valence-electron chi connectivity index (χ3n) is 2.43. The van der Waals surface area contributed by atoms with Crippen LogP contribution >= 0.6 is 31.9 Å². The molecule has 0 saturated carbocycles. The molecule has 0 aliphatic heterocycles. The lowest BCUT2D eigenvalue weighted by Gasteiger charge is -2.09. The van der Waals surface area contributed by atoms with Gasteiger partial charge in [0.25, 0.3) is 0 Å². The highest BCUT2D eigenvalue weighted by Crippen LogP contribution is 2.24. The summed E-state index contributed by atoms with van der Waals surface area (Å²) in [7, 11) is 0. The fourth-order valence-electron chi connectivity index (χ4n) is 1.55. The molecule has 0 bridgehead atoms. The van der Waals surface area contributed by atoms with Gasteiger partial charge in [-0.1, -0.05) is 15.9 Å². The molecule has 0 spiro atoms. The highest BCUT2D eigenvalue weighted by molar-refractivity contribution is 9.11. The van der Waals surface area contributed by atoms with Gasteiger partial charge in [0.2, 0.25) is 11.1 Å². The van der Waals surface area contributed by atoms with Gasteiger partial charge in [-0.15, -0.1) is 0 Å². The minimum atomic E-state index is -0.722. The summed E-state index contributed by atoms with van der Waals surface area (Å²) in [5, 5.41) is 4.04. The van der Waals surface area contributed by atoms with Gasteiger partial charge in [0.15, 0.2) is 0 Å². The molecule has 0 fully saturated rings. The molecule has 0 aliphatic rings. The van der Waals surface area contributed by atoms with Crippen molar-refractivity contribution in [2.24, 2.45) is 0 Å². The van der Waals surface area contributed by atoms with Gasteiger partial charge in [-0.3, -0.25) is 4.79 Å². The smallest absolute Gasteiger partial charge is 0.362 e. The van der Waals surface area contributed by atoms with Crippen LogP contribution in [0.1, 0.15) is 17.4 Å². The van der Waals surface area contributed by atoms with E-state index in [1.54, 1.807) is 13.0 Å². The first-order chi connectivity index (χ1) is 9.52. The molecule has 1 aromatic carbocycles. The van der Waals surface area contributed by atoms with Crippen LogP contribution < -0.4 is 5.43 Å². The number of nitrogens with zero attached hydrogens (tertiary/aromatic N) is 2. The molecule has 0 radical (unpaired) electrons. The van der Waals surface area contributed by atoms with E-state index in [1.165, 1.54) is 16.9 Å². The van der Waals surface area contributed by atoms with Crippen molar-refractivity contribution in [3.8, 4) is 5.69 Å². The number of esters is 1. The maximum Gasteiger partial charge on any atom is 0.362 e. The largest absolute Gasteiger partial charge is 0.461 e. The molecule has 0 unspecified atom stereocenters. The predicted octanol–water partition coefficient (Wildman–Crippen LogP) is 2.93. The number of aromatic nitrogens is 2. The van der Waals surface area contributed by atoms with Gasteiger partial charge in [0.05, 0.1) is 12.3 Å². The van der Waals surface area contributed by atoms with E-state index < -0.39 is 11.4 Å². The molecular formula is C13H10Br2N2O3. The van der Waals surface area contributed by atoms with Gasteiger partial charge >= 0.3 is 5.97 Å². The molecule has 0 saturated heterocycles. The first kappa shape index (κ1) is 14.9. The summed E-state index contributed by atoms with van der Waals surface area (Å²) in [6.45, 7) is 1.86. The highest BCUT2D eigenvalue weighted by atomic mass is 79.9. The normalized spacial score (nSPS) is 10.3. The zero-order chi connectivity index (χ0) is 14.7. The SMILES string of the molecule is CCOC(=O)c1nn(-c2ccc(Br)cc2Br)ccc1=O. The van der Waals surface area contributed by atoms with Crippen LogP contribution in [-0.2, 0) is 4.74 Å². The molecule has 20 heavy (non-hydrogen) atoms. The molecular weight excluding hydrogens is 392 g/mol. The summed E-state index contributed by atoms with van der Waals surface area (Å²) in [5.74, 6) is -0.722. The van der Waals surface area contributed by atoms with Crippen molar-refractivity contribution in [1.82, 2.24) is 9.78 Å². The van der Waals surface area contributed by atoms with E-state index in [9.17, 15) is 9.59 Å². The maximum atomic E-state index is 11.7. The van der Waals surface area contributed by atoms with Gasteiger partial charge in [-0.05, 0) is 41.1 Å². The number of carbonyl (C=O) groups excluding carboxylic acids is 1. The van der Waals surface area contributed by atoms with Crippen LogP contribution in [0.15, 0.2) is 44.2 Å². The van der Waals surface area contributed by atoms with Gasteiger partial charge in [-0.2, -0.15) is 5.10 Å². The quantitative estimate of drug-likeness (QED) is 0.742. The fraction of sp³-hybridized carbons (Fsp3) is 0.154. The standard InChI is InChI=1S/C13H10Br2N2O3/c1-2-20-13(19)12-11(18)5-6-17(16-12)10-4-3-8(14)7-9(10)15/h3-7H,2H2,1H3. The molecule has 0 N–H and O–H groups in total. The van der Waals surface area contributed by atoms with Gasteiger partial charge in [-0.25, -0.2) is 9.48 Å². The van der Waals surface area contributed by atoms with Gasteiger partial charge in [0, 0.05) is 21.2 Å². The molecule has 1 aromatic heterocycles. The summed E-state index contributed by atoms with van der Waals surface area (Å²) in [6.07, 6.45) is 1.50. The Morgan fingerprint density at radius 1 is 1.35 bits per heavy atom. The van der Waals surface area contributed by atoms with Crippen LogP contribution in [-0.4, -0.2) is 22.4 Å². The van der Waals surface area contributed by atoms with Crippen LogP contribution in [0.2, 0.25) is 0 Å². The van der Waals surface area contributed by atoms with Crippen molar-refractivity contribution in [3.63, 3.8) is 0 Å². The summed E-state index contributed by atoms with van der Waals surface area (Å²) in [4.78, 5) is 23.3. The van der Waals surface area contributed by atoms with Crippen molar-refractivity contribution in [1.29, 1.82) is 0 Å². The second kappa shape index (κ2) is 6.32. The van der Waals surface area contributed by atoms with Crippen molar-refractivity contribution in [2.45, 2.75) is 6.92 Å². The minimum absolute atomic E-state index is 0.191. The molecule has 104 valence electrons. The molecule has 2 rings (SSSR count). The van der Waals surface area contributed by atoms with Crippen LogP contribution in [0.5, 0.6) is 0 Å². The Morgan fingerprint density at radius 2 is 2.10 bits per heavy atom. The van der Waals surface area contributed by atoms with Crippen LogP contribution in [0.25, 0.3) is 5.69 Å². The van der Waals surface area contributed by atoms with Crippen molar-refractivity contribution < 1.29 is 9.53 Å². The van der Waals surface area contributed by atoms with E-state index in [1.807, 2.05) is 12.1 Å². The summed E-state index contributed by atoms with van der Waals surface area (Å²) in [6, 6.07) is 6.78. The van der Waals surface area contributed by atoms with E-state index in [4.69, 9.17) is 4.74 Å². The van der Waals surface area contributed by atoms with E-state index in [-0.39, 0.29) is 12.3 Å². The maximum absolute atomic E-state index is 11.7. The molecule has 5 nitrogen and oxygen atoms in total. The van der Waals surface area contributed by atoms with E-state index >= 15 is 0 Å². The molecule has 2 aromatic rings. The van der Waals surface area contributed by atoms with Crippen LogP contribution in [0, 0.1) is 0 Å². The Kier molecular flexibility index (Phi) is 4.72. The molecule has 0 amide bonds. The zero-order valence-corrected chi connectivity index (χ0v) is 13.6. The number of rotatable bonds is 3. The van der Waals surface area contributed by atoms with E-state index in [0.29, 0.717) is 5.69 Å². The molecule has 7 heteroatoms. The molecule has 1 heterocycles. The topological polar surface area (TPSA) is 61.2 Å². The monoisotopic (exact) mass is 400 g/mol. The van der Waals surface area contributed by atoms with Gasteiger partial charge in [0.1, 0.15) is 0 Å². The van der Waals surface area contributed by atoms with Crippen molar-refractivity contribution in [2.75, 3.05) is 6.61 Å². The minimum Gasteiger partial charge on any atom is -0.461 e. The third kappa shape index (κ3) is 3.16. The molecule has 0 aliphatic carbocycles. The first-order valence-corrected chi connectivity index (χ1v) is 7.34. The number of carbonyl (C=O) groups is 1. The summed E-state index contributed by atoms with van der Waals surface area (Å²) >= 11 is 6.76. The zero-order valence-electron chi connectivity index (χ0n) is 10.5. The van der Waals surface area contributed by atoms with E-state index in [2.05, 4.69) is 37.0 Å². The number of hydrogen-bond donors (Lipinski definition) is 0. The number of benzene rings is 1. The lowest BCUT2D eigenvalue weighted by molar-refractivity contribution is 0.0515. The average Bonchev–Trinajstić information content (AvgIpc) is 2.40. The summed E-state index contributed by atoms with van der Waals surface area (Å²) < 4.78 is 7.94. The Balaban J connectivity index is 2.51. The Hall–Kier alpha value is -1.47. The lowest BCUT2D eigenvalue weighted by atomic mass is 10.3. The van der Waals surface area contributed by atoms with Crippen molar-refractivity contribution >= 4 is 37.8 Å². The van der Waals surface area contributed by atoms with Gasteiger partial charge < -0.3 is 4.74 Å². The second-order valence-corrected chi connectivity index (χ2v) is 5.56. The Labute approximate surface area is 131 Å².